The van der Waals surface area contributed by atoms with Gasteiger partial charge in [-0.1, -0.05) is 86.0 Å². The summed E-state index contributed by atoms with van der Waals surface area (Å²) in [6.07, 6.45) is 9.13. The molecule has 1 aromatic heterocycles. The molecule has 2 N–H and O–H groups in total. The van der Waals surface area contributed by atoms with E-state index in [1.807, 2.05) is 6.92 Å². The molecule has 0 unspecified atom stereocenters. The minimum Gasteiger partial charge on any atom is -0.370 e. The summed E-state index contributed by atoms with van der Waals surface area (Å²) in [7, 11) is 0. The summed E-state index contributed by atoms with van der Waals surface area (Å²) in [6.45, 7) is 11.1. The van der Waals surface area contributed by atoms with Gasteiger partial charge in [0.1, 0.15) is 5.69 Å². The molecule has 0 saturated heterocycles. The van der Waals surface area contributed by atoms with Crippen LogP contribution in [0.2, 0.25) is 0 Å². The quantitative estimate of drug-likeness (QED) is 0.229. The molecule has 2 aliphatic carbocycles. The van der Waals surface area contributed by atoms with Crippen LogP contribution in [-0.2, 0) is 39.7 Å². The number of rotatable bonds is 8. The Morgan fingerprint density at radius 1 is 1.05 bits per heavy atom. The van der Waals surface area contributed by atoms with Crippen molar-refractivity contribution in [2.24, 2.45) is 11.7 Å². The van der Waals surface area contributed by atoms with Crippen molar-refractivity contribution in [3.63, 3.8) is 0 Å². The average Bonchev–Trinajstić information content (AvgIpc) is 3.68. The first-order valence-corrected chi connectivity index (χ1v) is 15.3. The molecule has 2 saturated carbocycles. The van der Waals surface area contributed by atoms with Crippen LogP contribution < -0.4 is 5.73 Å². The molecule has 2 aromatic rings. The molecule has 2 fully saturated rings. The predicted octanol–water partition coefficient (Wildman–Crippen LogP) is 9.06. The van der Waals surface area contributed by atoms with Crippen molar-refractivity contribution in [1.29, 1.82) is 0 Å². The smallest absolute Gasteiger partial charge is 0.370 e. The van der Waals surface area contributed by atoms with E-state index in [1.54, 1.807) is 13.0 Å². The summed E-state index contributed by atoms with van der Waals surface area (Å²) in [4.78, 5) is 20.4. The normalized spacial score (nSPS) is 15.6. The third kappa shape index (κ3) is 17.0. The van der Waals surface area contributed by atoms with Gasteiger partial charge in [-0.2, -0.15) is 35.5 Å². The summed E-state index contributed by atoms with van der Waals surface area (Å²) >= 11 is 0. The number of halogens is 4. The van der Waals surface area contributed by atoms with E-state index in [1.165, 1.54) is 64.4 Å². The van der Waals surface area contributed by atoms with E-state index in [4.69, 9.17) is 0 Å². The number of primary amides is 1. The van der Waals surface area contributed by atoms with Gasteiger partial charge in [-0.3, -0.25) is 14.3 Å². The zero-order valence-corrected chi connectivity index (χ0v) is 27.9. The van der Waals surface area contributed by atoms with Gasteiger partial charge in [-0.15, -0.1) is 12.1 Å². The Kier molecular flexibility index (Phi) is 19.7. The molecular formula is C33H50CrF4N3O2-. The van der Waals surface area contributed by atoms with Crippen molar-refractivity contribution in [3.05, 3.63) is 52.6 Å². The zero-order chi connectivity index (χ0) is 31.9. The fourth-order valence-electron chi connectivity index (χ4n) is 4.59. The largest absolute Gasteiger partial charge is 0.433 e. The number of aryl methyl sites for hydroxylation is 1. The van der Waals surface area contributed by atoms with Gasteiger partial charge in [0, 0.05) is 35.5 Å². The second-order valence-electron chi connectivity index (χ2n) is 11.5. The van der Waals surface area contributed by atoms with Gasteiger partial charge in [0.15, 0.2) is 5.78 Å². The average molecular weight is 649 g/mol. The third-order valence-electron chi connectivity index (χ3n) is 7.38. The number of Topliss-reactive ketones (excluding diaryl/α,β-unsaturated/α-hetero) is 1. The van der Waals surface area contributed by atoms with Crippen LogP contribution in [0.25, 0.3) is 0 Å². The number of carbonyl (C=O) groups is 2. The van der Waals surface area contributed by atoms with Crippen molar-refractivity contribution in [2.75, 3.05) is 0 Å². The molecule has 0 spiro atoms. The van der Waals surface area contributed by atoms with Crippen LogP contribution in [0.3, 0.4) is 0 Å². The SMILES string of the molecule is C1CCCCC1.CC(=O)Cn1nc(C2CC2)cc1C(F)(F)F.CCC(N)=O.CCC[C@H](C)[C@@H](C)c1[c-]c(C)cc(F)c1.[Cr]. The molecule has 1 amide bonds. The maximum atomic E-state index is 13.2. The minimum atomic E-state index is -4.45. The second-order valence-corrected chi connectivity index (χ2v) is 11.5. The van der Waals surface area contributed by atoms with Gasteiger partial charge in [0.05, 0.1) is 12.2 Å². The van der Waals surface area contributed by atoms with Gasteiger partial charge in [0.2, 0.25) is 5.91 Å². The first-order chi connectivity index (χ1) is 19.7. The molecule has 43 heavy (non-hydrogen) atoms. The van der Waals surface area contributed by atoms with Crippen LogP contribution in [0.1, 0.15) is 140 Å². The Morgan fingerprint density at radius 2 is 1.56 bits per heavy atom. The van der Waals surface area contributed by atoms with Crippen molar-refractivity contribution >= 4 is 11.7 Å². The van der Waals surface area contributed by atoms with Crippen molar-refractivity contribution in [2.45, 2.75) is 137 Å². The Morgan fingerprint density at radius 3 is 1.93 bits per heavy atom. The number of amides is 1. The maximum Gasteiger partial charge on any atom is 0.433 e. The van der Waals surface area contributed by atoms with E-state index in [0.717, 1.165) is 34.7 Å². The molecule has 2 atom stereocenters. The summed E-state index contributed by atoms with van der Waals surface area (Å²) in [5.41, 5.74) is 6.17. The number of nitrogens with two attached hydrogens (primary N) is 1. The molecule has 1 aromatic carbocycles. The molecule has 4 rings (SSSR count). The van der Waals surface area contributed by atoms with Gasteiger partial charge in [-0.05, 0) is 37.7 Å². The standard InChI is InChI=1S/C14H20F.C10H11F3N2O.C6H12.C3H7NO.Cr/c1-5-6-11(3)12(4)13-7-10(2)8-14(15)9-13;1-6(16)5-15-9(10(11,12)13)4-8(14-15)7-2-3-7;1-2-4-6-5-3-1;1-2-3(4)5;/h8-9,11-12H,5-6H2,1-4H3;4,7H,2-3,5H2,1H3;1-6H2;2H2,1H3,(H2,4,5);/q-1;;;;/t11-,12+;;;;/m0..../s1. The minimum absolute atomic E-state index is 0. The molecule has 10 heteroatoms. The Labute approximate surface area is 266 Å². The van der Waals surface area contributed by atoms with Crippen LogP contribution in [0.5, 0.6) is 0 Å². The van der Waals surface area contributed by atoms with Gasteiger partial charge in [0.25, 0.3) is 0 Å². The van der Waals surface area contributed by atoms with E-state index in [0.29, 0.717) is 24.0 Å². The molecule has 0 bridgehead atoms. The Bertz CT molecular complexity index is 1060. The van der Waals surface area contributed by atoms with E-state index < -0.39 is 11.9 Å². The molecule has 0 radical (unpaired) electrons. The van der Waals surface area contributed by atoms with E-state index in [-0.39, 0.29) is 47.3 Å². The van der Waals surface area contributed by atoms with Gasteiger partial charge < -0.3 is 5.73 Å². The first-order valence-electron chi connectivity index (χ1n) is 15.3. The van der Waals surface area contributed by atoms with Crippen LogP contribution in [0.15, 0.2) is 18.2 Å². The van der Waals surface area contributed by atoms with Crippen LogP contribution in [0, 0.1) is 24.7 Å². The topological polar surface area (TPSA) is 78.0 Å². The summed E-state index contributed by atoms with van der Waals surface area (Å²) in [5, 5.41) is 3.85. The zero-order valence-electron chi connectivity index (χ0n) is 26.7. The van der Waals surface area contributed by atoms with E-state index in [9.17, 15) is 27.2 Å². The second kappa shape index (κ2) is 20.7. The Hall–Kier alpha value is -2.18. The number of benzene rings is 1. The summed E-state index contributed by atoms with van der Waals surface area (Å²) in [6, 6.07) is 7.45. The monoisotopic (exact) mass is 648 g/mol. The van der Waals surface area contributed by atoms with Crippen LogP contribution in [-0.4, -0.2) is 21.5 Å². The first kappa shape index (κ1) is 40.8. The number of nitrogens with zero attached hydrogens (tertiary/aromatic N) is 2. The number of carbonyl (C=O) groups excluding carboxylic acids is 2. The number of ketones is 1. The Balaban J connectivity index is 0.000000602. The van der Waals surface area contributed by atoms with Crippen molar-refractivity contribution in [1.82, 2.24) is 9.78 Å². The molecular weight excluding hydrogens is 598 g/mol. The molecule has 2 aliphatic rings. The fraction of sp³-hybridized carbons (Fsp3) is 0.667. The van der Waals surface area contributed by atoms with E-state index >= 15 is 0 Å². The van der Waals surface area contributed by atoms with Crippen LogP contribution >= 0.6 is 0 Å². The molecule has 5 nitrogen and oxygen atoms in total. The maximum absolute atomic E-state index is 13.2. The molecule has 1 heterocycles. The summed E-state index contributed by atoms with van der Waals surface area (Å²) in [5.74, 6) is 0.402. The van der Waals surface area contributed by atoms with Crippen molar-refractivity contribution in [3.8, 4) is 0 Å². The number of aromatic nitrogens is 2. The van der Waals surface area contributed by atoms with Gasteiger partial charge in [-0.25, -0.2) is 4.39 Å². The van der Waals surface area contributed by atoms with Crippen LogP contribution in [0.4, 0.5) is 17.6 Å². The van der Waals surface area contributed by atoms with E-state index in [2.05, 4.69) is 37.7 Å². The van der Waals surface area contributed by atoms with Crippen molar-refractivity contribution < 1.29 is 44.5 Å². The number of alkyl halides is 3. The molecule has 244 valence electrons. The molecule has 0 aliphatic heterocycles. The summed E-state index contributed by atoms with van der Waals surface area (Å²) < 4.78 is 51.8. The third-order valence-corrected chi connectivity index (χ3v) is 7.38. The van der Waals surface area contributed by atoms with Gasteiger partial charge >= 0.3 is 6.18 Å². The predicted molar refractivity (Wildman–Crippen MR) is 160 cm³/mol. The number of hydrogen-bond acceptors (Lipinski definition) is 3. The fourth-order valence-corrected chi connectivity index (χ4v) is 4.59. The number of hydrogen-bond donors (Lipinski definition) is 1.